The smallest absolute Gasteiger partial charge is 0.0278 e. The van der Waals surface area contributed by atoms with Crippen molar-refractivity contribution in [3.05, 3.63) is 48.0 Å². The summed E-state index contributed by atoms with van der Waals surface area (Å²) in [6.07, 6.45) is 11.5. The molecular weight excluding hydrogens is 206 g/mol. The summed E-state index contributed by atoms with van der Waals surface area (Å²) >= 11 is 0. The van der Waals surface area contributed by atoms with Gasteiger partial charge in [-0.1, -0.05) is 55.3 Å². The lowest BCUT2D eigenvalue weighted by molar-refractivity contribution is 0.255. The second-order valence-corrected chi connectivity index (χ2v) is 5.03. The maximum Gasteiger partial charge on any atom is 0.0278 e. The van der Waals surface area contributed by atoms with Crippen LogP contribution in [0.5, 0.6) is 0 Å². The van der Waals surface area contributed by atoms with Crippen molar-refractivity contribution in [2.75, 3.05) is 7.05 Å². The Labute approximate surface area is 105 Å². The minimum absolute atomic E-state index is 0.621. The minimum atomic E-state index is 0.621. The molecule has 1 atom stereocenters. The van der Waals surface area contributed by atoms with Crippen molar-refractivity contribution in [3.8, 4) is 0 Å². The predicted molar refractivity (Wildman–Crippen MR) is 73.9 cm³/mol. The molecule has 0 N–H and O–H groups in total. The van der Waals surface area contributed by atoms with E-state index in [0.717, 1.165) is 6.54 Å². The van der Waals surface area contributed by atoms with Gasteiger partial charge in [0.2, 0.25) is 0 Å². The van der Waals surface area contributed by atoms with E-state index in [1.165, 1.54) is 37.7 Å². The molecule has 0 aliphatic heterocycles. The lowest BCUT2D eigenvalue weighted by atomic mass is 10.0. The molecule has 0 heterocycles. The molecule has 2 rings (SSSR count). The summed E-state index contributed by atoms with van der Waals surface area (Å²) in [6, 6.07) is 11.4. The standard InChI is InChI=1S/C16H23N/c1-17(14-15-10-6-5-7-11-15)16-12-8-3-2-4-9-13-16/h5-8,10-12,16H,2-4,9,13-14H2,1H3/b12-8-. The fraction of sp³-hybridized carbons (Fsp3) is 0.500. The van der Waals surface area contributed by atoms with Crippen LogP contribution in [-0.4, -0.2) is 18.0 Å². The summed E-state index contributed by atoms with van der Waals surface area (Å²) in [5, 5.41) is 0. The molecule has 0 spiro atoms. The third-order valence-corrected chi connectivity index (χ3v) is 3.57. The number of rotatable bonds is 3. The molecule has 1 aromatic rings. The Morgan fingerprint density at radius 2 is 1.94 bits per heavy atom. The molecule has 92 valence electrons. The summed E-state index contributed by atoms with van der Waals surface area (Å²) in [6.45, 7) is 1.05. The molecule has 1 aromatic carbocycles. The average Bonchev–Trinajstić information content (AvgIpc) is 2.29. The summed E-state index contributed by atoms with van der Waals surface area (Å²) in [4.78, 5) is 2.47. The third-order valence-electron chi connectivity index (χ3n) is 3.57. The van der Waals surface area contributed by atoms with E-state index in [9.17, 15) is 0 Å². The van der Waals surface area contributed by atoms with Crippen molar-refractivity contribution in [1.29, 1.82) is 0 Å². The molecule has 17 heavy (non-hydrogen) atoms. The average molecular weight is 229 g/mol. The van der Waals surface area contributed by atoms with Crippen LogP contribution >= 0.6 is 0 Å². The van der Waals surface area contributed by atoms with Crippen LogP contribution < -0.4 is 0 Å². The molecule has 0 radical (unpaired) electrons. The molecule has 0 aromatic heterocycles. The quantitative estimate of drug-likeness (QED) is 0.708. The van der Waals surface area contributed by atoms with E-state index in [4.69, 9.17) is 0 Å². The topological polar surface area (TPSA) is 3.24 Å². The van der Waals surface area contributed by atoms with Crippen molar-refractivity contribution in [3.63, 3.8) is 0 Å². The van der Waals surface area contributed by atoms with Gasteiger partial charge < -0.3 is 0 Å². The molecule has 0 amide bonds. The van der Waals surface area contributed by atoms with E-state index < -0.39 is 0 Å². The second-order valence-electron chi connectivity index (χ2n) is 5.03. The van der Waals surface area contributed by atoms with Crippen LogP contribution in [0.2, 0.25) is 0 Å². The number of likely N-dealkylation sites (N-methyl/N-ethyl adjacent to an activating group) is 1. The number of benzene rings is 1. The predicted octanol–water partition coefficient (Wildman–Crippen LogP) is 4.01. The first-order valence-electron chi connectivity index (χ1n) is 6.77. The molecule has 0 saturated heterocycles. The first-order chi connectivity index (χ1) is 8.36. The molecule has 1 nitrogen and oxygen atoms in total. The molecule has 0 fully saturated rings. The van der Waals surface area contributed by atoms with Crippen LogP contribution in [-0.2, 0) is 6.54 Å². The van der Waals surface area contributed by atoms with Gasteiger partial charge in [0.05, 0.1) is 0 Å². The molecule has 1 heteroatoms. The Bertz CT molecular complexity index is 342. The van der Waals surface area contributed by atoms with E-state index in [0.29, 0.717) is 6.04 Å². The van der Waals surface area contributed by atoms with Gasteiger partial charge in [0.25, 0.3) is 0 Å². The minimum Gasteiger partial charge on any atom is -0.296 e. The molecule has 0 bridgehead atoms. The van der Waals surface area contributed by atoms with Gasteiger partial charge >= 0.3 is 0 Å². The Kier molecular flexibility index (Phi) is 4.81. The van der Waals surface area contributed by atoms with Gasteiger partial charge in [-0.25, -0.2) is 0 Å². The summed E-state index contributed by atoms with van der Waals surface area (Å²) < 4.78 is 0. The molecule has 0 saturated carbocycles. The Morgan fingerprint density at radius 3 is 2.76 bits per heavy atom. The molecule has 1 aliphatic carbocycles. The Hall–Kier alpha value is -1.08. The van der Waals surface area contributed by atoms with Gasteiger partial charge in [-0.15, -0.1) is 0 Å². The van der Waals surface area contributed by atoms with Crippen LogP contribution in [0, 0.1) is 0 Å². The van der Waals surface area contributed by atoms with Gasteiger partial charge in [-0.3, -0.25) is 4.90 Å². The highest BCUT2D eigenvalue weighted by atomic mass is 15.1. The van der Waals surface area contributed by atoms with Crippen LogP contribution in [0.4, 0.5) is 0 Å². The normalized spacial score (nSPS) is 23.1. The third kappa shape index (κ3) is 4.01. The van der Waals surface area contributed by atoms with Crippen LogP contribution in [0.1, 0.15) is 37.7 Å². The number of hydrogen-bond donors (Lipinski definition) is 0. The van der Waals surface area contributed by atoms with E-state index in [1.807, 2.05) is 0 Å². The number of nitrogens with zero attached hydrogens (tertiary/aromatic N) is 1. The number of hydrogen-bond acceptors (Lipinski definition) is 1. The number of allylic oxidation sites excluding steroid dienone is 1. The molecule has 1 aliphatic rings. The first kappa shape index (κ1) is 12.4. The highest BCUT2D eigenvalue weighted by molar-refractivity contribution is 5.14. The fourth-order valence-corrected chi connectivity index (χ4v) is 2.50. The van der Waals surface area contributed by atoms with E-state index in [2.05, 4.69) is 54.4 Å². The van der Waals surface area contributed by atoms with Gasteiger partial charge in [0.1, 0.15) is 0 Å². The molecule has 1 unspecified atom stereocenters. The van der Waals surface area contributed by atoms with Gasteiger partial charge in [0.15, 0.2) is 0 Å². The van der Waals surface area contributed by atoms with Crippen molar-refractivity contribution in [2.45, 2.75) is 44.7 Å². The van der Waals surface area contributed by atoms with E-state index in [1.54, 1.807) is 0 Å². The summed E-state index contributed by atoms with van der Waals surface area (Å²) in [7, 11) is 2.24. The Morgan fingerprint density at radius 1 is 1.12 bits per heavy atom. The van der Waals surface area contributed by atoms with Gasteiger partial charge in [-0.2, -0.15) is 0 Å². The highest BCUT2D eigenvalue weighted by Crippen LogP contribution is 2.17. The zero-order chi connectivity index (χ0) is 11.9. The maximum atomic E-state index is 2.47. The van der Waals surface area contributed by atoms with Crippen LogP contribution in [0.3, 0.4) is 0 Å². The van der Waals surface area contributed by atoms with Crippen molar-refractivity contribution in [2.24, 2.45) is 0 Å². The summed E-state index contributed by atoms with van der Waals surface area (Å²) in [5.74, 6) is 0. The monoisotopic (exact) mass is 229 g/mol. The van der Waals surface area contributed by atoms with Crippen molar-refractivity contribution >= 4 is 0 Å². The zero-order valence-electron chi connectivity index (χ0n) is 10.8. The lowest BCUT2D eigenvalue weighted by Gasteiger charge is -2.26. The van der Waals surface area contributed by atoms with Gasteiger partial charge in [-0.05, 0) is 31.9 Å². The van der Waals surface area contributed by atoms with Gasteiger partial charge in [0, 0.05) is 12.6 Å². The van der Waals surface area contributed by atoms with E-state index >= 15 is 0 Å². The lowest BCUT2D eigenvalue weighted by Crippen LogP contribution is -2.29. The summed E-state index contributed by atoms with van der Waals surface area (Å²) in [5.41, 5.74) is 1.41. The highest BCUT2D eigenvalue weighted by Gasteiger charge is 2.12. The Balaban J connectivity index is 1.94. The second kappa shape index (κ2) is 6.61. The van der Waals surface area contributed by atoms with E-state index in [-0.39, 0.29) is 0 Å². The first-order valence-corrected chi connectivity index (χ1v) is 6.77. The largest absolute Gasteiger partial charge is 0.296 e. The molecular formula is C16H23N. The zero-order valence-corrected chi connectivity index (χ0v) is 10.8. The van der Waals surface area contributed by atoms with Crippen molar-refractivity contribution < 1.29 is 0 Å². The van der Waals surface area contributed by atoms with Crippen molar-refractivity contribution in [1.82, 2.24) is 4.90 Å². The van der Waals surface area contributed by atoms with Crippen LogP contribution in [0.15, 0.2) is 42.5 Å². The van der Waals surface area contributed by atoms with Crippen LogP contribution in [0.25, 0.3) is 0 Å². The fourth-order valence-electron chi connectivity index (χ4n) is 2.50. The SMILES string of the molecule is CN(Cc1ccccc1)C1/C=C\CCCCC1. The maximum absolute atomic E-state index is 2.47.